The van der Waals surface area contributed by atoms with E-state index in [0.717, 1.165) is 49.8 Å². The average Bonchev–Trinajstić information content (AvgIpc) is 3.00. The lowest BCUT2D eigenvalue weighted by Crippen LogP contribution is -2.53. The lowest BCUT2D eigenvalue weighted by atomic mass is 9.96. The van der Waals surface area contributed by atoms with Crippen molar-refractivity contribution in [3.8, 4) is 0 Å². The number of anilines is 2. The maximum Gasteiger partial charge on any atom is 0.317 e. The highest BCUT2D eigenvalue weighted by molar-refractivity contribution is 6.00. The normalized spacial score (nSPS) is 17.3. The largest absolute Gasteiger partial charge is 0.389 e. The van der Waals surface area contributed by atoms with Crippen molar-refractivity contribution in [1.29, 1.82) is 0 Å². The van der Waals surface area contributed by atoms with Gasteiger partial charge in [-0.05, 0) is 69.7 Å². The van der Waals surface area contributed by atoms with Gasteiger partial charge in [-0.3, -0.25) is 9.59 Å². The Balaban J connectivity index is 1.53. The Bertz CT molecular complexity index is 1180. The molecule has 4 amide bonds. The van der Waals surface area contributed by atoms with Crippen molar-refractivity contribution in [2.45, 2.75) is 89.8 Å². The number of urea groups is 1. The van der Waals surface area contributed by atoms with Crippen molar-refractivity contribution < 1.29 is 19.5 Å². The van der Waals surface area contributed by atoms with Crippen molar-refractivity contribution in [3.63, 3.8) is 0 Å². The smallest absolute Gasteiger partial charge is 0.317 e. The minimum atomic E-state index is -0.994. The number of carbonyl (C=O) groups is 3. The predicted molar refractivity (Wildman–Crippen MR) is 167 cm³/mol. The van der Waals surface area contributed by atoms with Crippen molar-refractivity contribution in [3.05, 3.63) is 59.7 Å². The molecule has 0 bridgehead atoms. The number of hydrogen-bond donors (Lipinski definition) is 4. The van der Waals surface area contributed by atoms with Gasteiger partial charge in [0.1, 0.15) is 0 Å². The third-order valence-electron chi connectivity index (χ3n) is 8.28. The first-order chi connectivity index (χ1) is 20.4. The second-order valence-corrected chi connectivity index (χ2v) is 11.5. The minimum absolute atomic E-state index is 0.0600. The summed E-state index contributed by atoms with van der Waals surface area (Å²) in [6.45, 7) is 5.71. The van der Waals surface area contributed by atoms with Crippen LogP contribution in [0.3, 0.4) is 0 Å². The fourth-order valence-corrected chi connectivity index (χ4v) is 5.91. The first-order valence-corrected chi connectivity index (χ1v) is 15.7. The number of likely N-dealkylation sites (N-methyl/N-ethyl adjacent to an activating group) is 1. The molecule has 1 saturated heterocycles. The number of carbonyl (C=O) groups excluding carboxylic acids is 3. The molecular formula is C33H47N5O4. The van der Waals surface area contributed by atoms with Gasteiger partial charge in [0.15, 0.2) is 0 Å². The highest BCUT2D eigenvalue weighted by Crippen LogP contribution is 2.26. The minimum Gasteiger partial charge on any atom is -0.389 e. The molecule has 228 valence electrons. The molecule has 2 aromatic carbocycles. The standard InChI is InChI=1S/C33H47N5O4/c1-3-34-27-20-25(21-28(22-27)38-18-12-11-17-31(38)40)32(41)36-29(19-24-13-7-5-8-14-24)30(39)23-37(4-2)33(42)35-26-15-9-6-10-16-26/h5,7-8,13-14,20-22,26,29-30,34,39H,3-4,6,9-12,15-19,23H2,1-2H3,(H,35,42)(H,36,41). The fraction of sp³-hybridized carbons (Fsp3) is 0.545. The molecule has 2 fully saturated rings. The molecule has 9 nitrogen and oxygen atoms in total. The average molecular weight is 578 g/mol. The summed E-state index contributed by atoms with van der Waals surface area (Å²) >= 11 is 0. The lowest BCUT2D eigenvalue weighted by molar-refractivity contribution is -0.119. The number of piperidine rings is 1. The molecule has 1 saturated carbocycles. The number of aliphatic hydroxyl groups excluding tert-OH is 1. The summed E-state index contributed by atoms with van der Waals surface area (Å²) in [6.07, 6.45) is 7.11. The maximum atomic E-state index is 13.7. The number of nitrogens with one attached hydrogen (secondary N) is 3. The molecule has 1 aliphatic carbocycles. The zero-order valence-electron chi connectivity index (χ0n) is 25.1. The first kappa shape index (κ1) is 31.3. The topological polar surface area (TPSA) is 114 Å². The van der Waals surface area contributed by atoms with E-state index in [0.29, 0.717) is 43.7 Å². The van der Waals surface area contributed by atoms with Crippen LogP contribution in [0, 0.1) is 0 Å². The van der Waals surface area contributed by atoms with Crippen LogP contribution in [0.5, 0.6) is 0 Å². The van der Waals surface area contributed by atoms with Gasteiger partial charge < -0.3 is 30.9 Å². The van der Waals surface area contributed by atoms with E-state index in [1.807, 2.05) is 50.2 Å². The fourth-order valence-electron chi connectivity index (χ4n) is 5.91. The number of rotatable bonds is 12. The molecule has 0 spiro atoms. The summed E-state index contributed by atoms with van der Waals surface area (Å²) in [4.78, 5) is 42.9. The molecule has 9 heteroatoms. The van der Waals surface area contributed by atoms with E-state index < -0.39 is 12.1 Å². The molecular weight excluding hydrogens is 530 g/mol. The van der Waals surface area contributed by atoms with Crippen LogP contribution < -0.4 is 20.9 Å². The van der Waals surface area contributed by atoms with E-state index >= 15 is 0 Å². The summed E-state index contributed by atoms with van der Waals surface area (Å²) in [6, 6.07) is 14.5. The maximum absolute atomic E-state index is 13.7. The zero-order chi connectivity index (χ0) is 29.9. The zero-order valence-corrected chi connectivity index (χ0v) is 25.1. The number of hydrogen-bond acceptors (Lipinski definition) is 5. The van der Waals surface area contributed by atoms with Gasteiger partial charge in [-0.25, -0.2) is 4.79 Å². The van der Waals surface area contributed by atoms with Crippen LogP contribution in [-0.2, 0) is 11.2 Å². The molecule has 4 rings (SSSR count). The second-order valence-electron chi connectivity index (χ2n) is 11.5. The van der Waals surface area contributed by atoms with Crippen LogP contribution in [-0.4, -0.2) is 72.2 Å². The molecule has 1 heterocycles. The van der Waals surface area contributed by atoms with Crippen LogP contribution in [0.4, 0.5) is 16.2 Å². The Morgan fingerprint density at radius 3 is 2.48 bits per heavy atom. The van der Waals surface area contributed by atoms with Crippen LogP contribution in [0.25, 0.3) is 0 Å². The van der Waals surface area contributed by atoms with Gasteiger partial charge in [-0.15, -0.1) is 0 Å². The van der Waals surface area contributed by atoms with E-state index in [2.05, 4.69) is 16.0 Å². The van der Waals surface area contributed by atoms with Crippen molar-refractivity contribution in [2.75, 3.05) is 36.4 Å². The molecule has 2 aromatic rings. The van der Waals surface area contributed by atoms with Crippen molar-refractivity contribution in [1.82, 2.24) is 15.5 Å². The van der Waals surface area contributed by atoms with Crippen LogP contribution in [0.1, 0.15) is 81.1 Å². The summed E-state index contributed by atoms with van der Waals surface area (Å²) in [5.74, 6) is -0.278. The molecule has 2 aliphatic rings. The number of aliphatic hydroxyl groups is 1. The van der Waals surface area contributed by atoms with Crippen molar-refractivity contribution in [2.24, 2.45) is 0 Å². The Kier molecular flexibility index (Phi) is 11.6. The molecule has 4 N–H and O–H groups in total. The summed E-state index contributed by atoms with van der Waals surface area (Å²) in [5, 5.41) is 20.9. The number of benzene rings is 2. The Morgan fingerprint density at radius 1 is 1.02 bits per heavy atom. The molecule has 0 aromatic heterocycles. The van der Waals surface area contributed by atoms with Gasteiger partial charge in [0.2, 0.25) is 5.91 Å². The highest BCUT2D eigenvalue weighted by atomic mass is 16.3. The molecule has 1 aliphatic heterocycles. The second kappa shape index (κ2) is 15.6. The lowest BCUT2D eigenvalue weighted by Gasteiger charge is -2.32. The third kappa shape index (κ3) is 8.71. The molecule has 0 radical (unpaired) electrons. The quantitative estimate of drug-likeness (QED) is 0.292. The number of amides is 4. The van der Waals surface area contributed by atoms with E-state index in [1.54, 1.807) is 21.9 Å². The van der Waals surface area contributed by atoms with Crippen LogP contribution in [0.2, 0.25) is 0 Å². The first-order valence-electron chi connectivity index (χ1n) is 15.7. The molecule has 2 atom stereocenters. The van der Waals surface area contributed by atoms with Gasteiger partial charge in [0.05, 0.1) is 18.7 Å². The summed E-state index contributed by atoms with van der Waals surface area (Å²) < 4.78 is 0. The van der Waals surface area contributed by atoms with Crippen molar-refractivity contribution >= 4 is 29.2 Å². The highest BCUT2D eigenvalue weighted by Gasteiger charge is 2.28. The predicted octanol–water partition coefficient (Wildman–Crippen LogP) is 4.70. The van der Waals surface area contributed by atoms with E-state index in [4.69, 9.17) is 0 Å². The Hall–Kier alpha value is -3.59. The Labute approximate surface area is 250 Å². The molecule has 2 unspecified atom stereocenters. The van der Waals surface area contributed by atoms with Gasteiger partial charge in [-0.1, -0.05) is 49.6 Å². The van der Waals surface area contributed by atoms with E-state index in [9.17, 15) is 19.5 Å². The van der Waals surface area contributed by atoms with E-state index in [1.165, 1.54) is 6.42 Å². The van der Waals surface area contributed by atoms with Gasteiger partial charge in [0.25, 0.3) is 5.91 Å². The van der Waals surface area contributed by atoms with Gasteiger partial charge >= 0.3 is 6.03 Å². The number of nitrogens with zero attached hydrogens (tertiary/aromatic N) is 2. The van der Waals surface area contributed by atoms with Gasteiger partial charge in [0, 0.05) is 49.0 Å². The summed E-state index contributed by atoms with van der Waals surface area (Å²) in [5.41, 5.74) is 2.84. The Morgan fingerprint density at radius 2 is 1.79 bits per heavy atom. The van der Waals surface area contributed by atoms with E-state index in [-0.39, 0.29) is 30.4 Å². The summed E-state index contributed by atoms with van der Waals surface area (Å²) in [7, 11) is 0. The van der Waals surface area contributed by atoms with Gasteiger partial charge in [-0.2, -0.15) is 0 Å². The SMILES string of the molecule is CCNc1cc(C(=O)NC(Cc2ccccc2)C(O)CN(CC)C(=O)NC2CCCCC2)cc(N2CCCCC2=O)c1. The monoisotopic (exact) mass is 577 g/mol. The molecule has 42 heavy (non-hydrogen) atoms. The third-order valence-corrected chi connectivity index (χ3v) is 8.28. The van der Waals surface area contributed by atoms with Crippen LogP contribution in [0.15, 0.2) is 48.5 Å². The van der Waals surface area contributed by atoms with Crippen LogP contribution >= 0.6 is 0 Å².